The molecule has 7 nitrogen and oxygen atoms in total. The molecule has 1 N–H and O–H groups in total. The summed E-state index contributed by atoms with van der Waals surface area (Å²) in [5.41, 5.74) is 1.74. The largest absolute Gasteiger partial charge is 0.352 e. The van der Waals surface area contributed by atoms with Crippen molar-refractivity contribution < 1.29 is 26.8 Å². The molecule has 0 heterocycles. The topological polar surface area (TPSA) is 86.8 Å². The van der Waals surface area contributed by atoms with E-state index in [9.17, 15) is 26.8 Å². The van der Waals surface area contributed by atoms with Crippen molar-refractivity contribution in [3.8, 4) is 0 Å². The Bertz CT molecular complexity index is 1440. The van der Waals surface area contributed by atoms with E-state index in [1.165, 1.54) is 29.2 Å². The summed E-state index contributed by atoms with van der Waals surface area (Å²) < 4.78 is 55.8. The van der Waals surface area contributed by atoms with E-state index in [0.29, 0.717) is 12.0 Å². The molecule has 0 saturated heterocycles. The molecule has 10 heteroatoms. The maximum atomic E-state index is 14.0. The highest BCUT2D eigenvalue weighted by atomic mass is 32.2. The molecule has 1 aliphatic rings. The molecule has 3 aromatic carbocycles. The van der Waals surface area contributed by atoms with E-state index < -0.39 is 40.2 Å². The Morgan fingerprint density at radius 3 is 2.02 bits per heavy atom. The molecule has 0 unspecified atom stereocenters. The van der Waals surface area contributed by atoms with Crippen LogP contribution in [-0.4, -0.2) is 43.8 Å². The number of rotatable bonds is 11. The lowest BCUT2D eigenvalue weighted by atomic mass is 10.1. The molecule has 1 atom stereocenters. The van der Waals surface area contributed by atoms with Gasteiger partial charge in [0.05, 0.1) is 10.6 Å². The van der Waals surface area contributed by atoms with Gasteiger partial charge in [0.25, 0.3) is 10.0 Å². The van der Waals surface area contributed by atoms with E-state index in [0.717, 1.165) is 59.8 Å². The third kappa shape index (κ3) is 7.49. The SMILES string of the molecule is CC[C@H](C(=O)NC1CCCC1)N(Cc1ccc(F)cc1)C(=O)CN(c1ccc(C)cc1)S(=O)(=O)c1ccc(F)cc1. The van der Waals surface area contributed by atoms with E-state index in [-0.39, 0.29) is 29.1 Å². The molecule has 41 heavy (non-hydrogen) atoms. The van der Waals surface area contributed by atoms with E-state index >= 15 is 0 Å². The molecular weight excluding hydrogens is 548 g/mol. The normalized spacial score (nSPS) is 14.4. The van der Waals surface area contributed by atoms with Gasteiger partial charge in [0.2, 0.25) is 11.8 Å². The lowest BCUT2D eigenvalue weighted by Crippen LogP contribution is -2.53. The molecule has 218 valence electrons. The monoisotopic (exact) mass is 583 g/mol. The zero-order valence-corrected chi connectivity index (χ0v) is 24.0. The van der Waals surface area contributed by atoms with Crippen molar-refractivity contribution in [1.82, 2.24) is 10.2 Å². The van der Waals surface area contributed by atoms with Gasteiger partial charge in [-0.15, -0.1) is 0 Å². The molecule has 1 saturated carbocycles. The Morgan fingerprint density at radius 2 is 1.46 bits per heavy atom. The Kier molecular flexibility index (Phi) is 9.75. The third-order valence-corrected chi connectivity index (χ3v) is 9.14. The molecule has 4 rings (SSSR count). The third-order valence-electron chi connectivity index (χ3n) is 7.36. The minimum Gasteiger partial charge on any atom is -0.352 e. The van der Waals surface area contributed by atoms with E-state index in [1.807, 2.05) is 6.92 Å². The van der Waals surface area contributed by atoms with E-state index in [4.69, 9.17) is 0 Å². The first-order valence-electron chi connectivity index (χ1n) is 13.8. The van der Waals surface area contributed by atoms with E-state index in [1.54, 1.807) is 31.2 Å². The van der Waals surface area contributed by atoms with Gasteiger partial charge >= 0.3 is 0 Å². The number of nitrogens with zero attached hydrogens (tertiary/aromatic N) is 2. The van der Waals surface area contributed by atoms with E-state index in [2.05, 4.69) is 5.32 Å². The number of amides is 2. The van der Waals surface area contributed by atoms with Crippen molar-refractivity contribution in [3.05, 3.63) is 95.6 Å². The summed E-state index contributed by atoms with van der Waals surface area (Å²) in [6.45, 7) is 3.02. The predicted molar refractivity (Wildman–Crippen MR) is 154 cm³/mol. The molecule has 2 amide bonds. The first-order valence-corrected chi connectivity index (χ1v) is 15.2. The van der Waals surface area contributed by atoms with Gasteiger partial charge in [-0.3, -0.25) is 13.9 Å². The summed E-state index contributed by atoms with van der Waals surface area (Å²) in [5.74, 6) is -1.94. The highest BCUT2D eigenvalue weighted by molar-refractivity contribution is 7.92. The van der Waals surface area contributed by atoms with Gasteiger partial charge in [-0.1, -0.05) is 49.6 Å². The summed E-state index contributed by atoms with van der Waals surface area (Å²) >= 11 is 0. The number of carbonyl (C=O) groups is 2. The second-order valence-electron chi connectivity index (χ2n) is 10.4. The predicted octanol–water partition coefficient (Wildman–Crippen LogP) is 5.33. The van der Waals surface area contributed by atoms with Crippen LogP contribution in [0.1, 0.15) is 50.2 Å². The van der Waals surface area contributed by atoms with Gasteiger partial charge in [0.1, 0.15) is 24.2 Å². The smallest absolute Gasteiger partial charge is 0.264 e. The number of hydrogen-bond acceptors (Lipinski definition) is 4. The molecule has 3 aromatic rings. The molecular formula is C31H35F2N3O4S. The van der Waals surface area contributed by atoms with Crippen LogP contribution in [-0.2, 0) is 26.2 Å². The van der Waals surface area contributed by atoms with Gasteiger partial charge < -0.3 is 10.2 Å². The molecule has 0 bridgehead atoms. The number of carbonyl (C=O) groups excluding carboxylic acids is 2. The highest BCUT2D eigenvalue weighted by Gasteiger charge is 2.34. The van der Waals surface area contributed by atoms with Gasteiger partial charge in [0.15, 0.2) is 0 Å². The van der Waals surface area contributed by atoms with Crippen LogP contribution in [0, 0.1) is 18.6 Å². The van der Waals surface area contributed by atoms with Crippen molar-refractivity contribution in [2.75, 3.05) is 10.8 Å². The van der Waals surface area contributed by atoms with Gasteiger partial charge in [-0.05, 0) is 80.3 Å². The van der Waals surface area contributed by atoms with Crippen molar-refractivity contribution in [2.24, 2.45) is 0 Å². The van der Waals surface area contributed by atoms with Crippen LogP contribution in [0.25, 0.3) is 0 Å². The summed E-state index contributed by atoms with van der Waals surface area (Å²) in [7, 11) is -4.29. The number of sulfonamides is 1. The van der Waals surface area contributed by atoms with Gasteiger partial charge in [0, 0.05) is 12.6 Å². The highest BCUT2D eigenvalue weighted by Crippen LogP contribution is 2.26. The van der Waals surface area contributed by atoms with Crippen molar-refractivity contribution >= 4 is 27.5 Å². The quantitative estimate of drug-likeness (QED) is 0.331. The minimum absolute atomic E-state index is 0.0198. The molecule has 0 radical (unpaired) electrons. The number of anilines is 1. The molecule has 0 aromatic heterocycles. The van der Waals surface area contributed by atoms with Crippen LogP contribution in [0.2, 0.25) is 0 Å². The van der Waals surface area contributed by atoms with Gasteiger partial charge in [-0.25, -0.2) is 17.2 Å². The number of nitrogens with one attached hydrogen (secondary N) is 1. The Labute approximate surface area is 240 Å². The lowest BCUT2D eigenvalue weighted by Gasteiger charge is -2.33. The van der Waals surface area contributed by atoms with Crippen molar-refractivity contribution in [2.45, 2.75) is 69.5 Å². The van der Waals surface area contributed by atoms with Crippen LogP contribution in [0.5, 0.6) is 0 Å². The summed E-state index contributed by atoms with van der Waals surface area (Å²) in [6, 6.07) is 15.8. The van der Waals surface area contributed by atoms with Gasteiger partial charge in [-0.2, -0.15) is 0 Å². The zero-order chi connectivity index (χ0) is 29.6. The molecule has 0 spiro atoms. The van der Waals surface area contributed by atoms with Crippen LogP contribution in [0.4, 0.5) is 14.5 Å². The molecule has 0 aliphatic heterocycles. The number of halogens is 2. The molecule has 1 fully saturated rings. The maximum Gasteiger partial charge on any atom is 0.264 e. The Balaban J connectivity index is 1.70. The fraction of sp³-hybridized carbons (Fsp3) is 0.355. The standard InChI is InChI=1S/C31H35F2N3O4S/c1-3-29(31(38)34-26-6-4-5-7-26)35(20-23-10-12-24(32)13-11-23)30(37)21-36(27-16-8-22(2)9-17-27)41(39,40)28-18-14-25(33)15-19-28/h8-19,26,29H,3-7,20-21H2,1-2H3,(H,34,38)/t29-/m1/s1. The second-order valence-corrected chi connectivity index (χ2v) is 12.2. The number of benzene rings is 3. The Morgan fingerprint density at radius 1 is 0.902 bits per heavy atom. The molecule has 1 aliphatic carbocycles. The zero-order valence-electron chi connectivity index (χ0n) is 23.2. The summed E-state index contributed by atoms with van der Waals surface area (Å²) in [4.78, 5) is 28.7. The fourth-order valence-electron chi connectivity index (χ4n) is 5.05. The summed E-state index contributed by atoms with van der Waals surface area (Å²) in [6.07, 6.45) is 4.07. The van der Waals surface area contributed by atoms with Crippen molar-refractivity contribution in [3.63, 3.8) is 0 Å². The summed E-state index contributed by atoms with van der Waals surface area (Å²) in [5, 5.41) is 3.05. The van der Waals surface area contributed by atoms with Crippen LogP contribution < -0.4 is 9.62 Å². The average Bonchev–Trinajstić information content (AvgIpc) is 3.46. The second kappa shape index (κ2) is 13.2. The number of aryl methyl sites for hydroxylation is 1. The minimum atomic E-state index is -4.29. The lowest BCUT2D eigenvalue weighted by molar-refractivity contribution is -0.140. The van der Waals surface area contributed by atoms with Crippen LogP contribution >= 0.6 is 0 Å². The number of hydrogen-bond donors (Lipinski definition) is 1. The fourth-order valence-corrected chi connectivity index (χ4v) is 6.46. The first kappa shape index (κ1) is 30.2. The van der Waals surface area contributed by atoms with Crippen LogP contribution in [0.3, 0.4) is 0 Å². The first-order chi connectivity index (χ1) is 19.6. The van der Waals surface area contributed by atoms with Crippen molar-refractivity contribution in [1.29, 1.82) is 0 Å². The average molecular weight is 584 g/mol. The van der Waals surface area contributed by atoms with Crippen LogP contribution in [0.15, 0.2) is 77.7 Å². The Hall–Kier alpha value is -3.79. The maximum absolute atomic E-state index is 14.0.